The minimum atomic E-state index is 0.305. The molecule has 0 saturated carbocycles. The Morgan fingerprint density at radius 1 is 1.20 bits per heavy atom. The van der Waals surface area contributed by atoms with Crippen LogP contribution in [0.2, 0.25) is 0 Å². The maximum absolute atomic E-state index is 5.64. The van der Waals surface area contributed by atoms with Gasteiger partial charge in [-0.1, -0.05) is 13.8 Å². The second-order valence-corrected chi connectivity index (χ2v) is 4.29. The van der Waals surface area contributed by atoms with Crippen molar-refractivity contribution < 1.29 is 9.47 Å². The van der Waals surface area contributed by atoms with Gasteiger partial charge in [0, 0.05) is 26.4 Å². The minimum absolute atomic E-state index is 0.305. The summed E-state index contributed by atoms with van der Waals surface area (Å²) in [4.78, 5) is 0. The van der Waals surface area contributed by atoms with E-state index in [0.717, 1.165) is 39.3 Å². The van der Waals surface area contributed by atoms with Gasteiger partial charge in [0.1, 0.15) is 0 Å². The van der Waals surface area contributed by atoms with E-state index < -0.39 is 0 Å². The molecule has 0 aromatic rings. The molecule has 0 aliphatic carbocycles. The fourth-order valence-corrected chi connectivity index (χ4v) is 1.16. The molecule has 0 saturated heterocycles. The Balaban J connectivity index is 3.13. The molecule has 3 nitrogen and oxygen atoms in total. The molecule has 15 heavy (non-hydrogen) atoms. The van der Waals surface area contributed by atoms with Crippen molar-refractivity contribution in [2.24, 2.45) is 5.92 Å². The first-order chi connectivity index (χ1) is 7.16. The Hall–Kier alpha value is -0.120. The molecule has 0 aliphatic heterocycles. The molecule has 0 aliphatic rings. The molecule has 92 valence electrons. The van der Waals surface area contributed by atoms with Gasteiger partial charge in [0.05, 0.1) is 6.10 Å². The highest BCUT2D eigenvalue weighted by molar-refractivity contribution is 4.56. The Morgan fingerprint density at radius 3 is 2.53 bits per heavy atom. The van der Waals surface area contributed by atoms with E-state index in [4.69, 9.17) is 9.47 Å². The van der Waals surface area contributed by atoms with Gasteiger partial charge in [-0.3, -0.25) is 0 Å². The van der Waals surface area contributed by atoms with Crippen molar-refractivity contribution in [2.45, 2.75) is 40.2 Å². The van der Waals surface area contributed by atoms with Crippen molar-refractivity contribution in [3.63, 3.8) is 0 Å². The molecule has 0 spiro atoms. The summed E-state index contributed by atoms with van der Waals surface area (Å²) < 4.78 is 10.9. The predicted molar refractivity (Wildman–Crippen MR) is 64.2 cm³/mol. The maximum Gasteiger partial charge on any atom is 0.0671 e. The fraction of sp³-hybridized carbons (Fsp3) is 1.00. The van der Waals surface area contributed by atoms with E-state index in [1.165, 1.54) is 0 Å². The Morgan fingerprint density at radius 2 is 1.93 bits per heavy atom. The van der Waals surface area contributed by atoms with Crippen LogP contribution in [-0.4, -0.2) is 39.0 Å². The number of ether oxygens (including phenoxy) is 2. The van der Waals surface area contributed by atoms with Gasteiger partial charge >= 0.3 is 0 Å². The van der Waals surface area contributed by atoms with Gasteiger partial charge in [-0.05, 0) is 32.7 Å². The third kappa shape index (κ3) is 11.8. The van der Waals surface area contributed by atoms with Gasteiger partial charge in [0.25, 0.3) is 0 Å². The van der Waals surface area contributed by atoms with E-state index in [0.29, 0.717) is 12.0 Å². The van der Waals surface area contributed by atoms with Crippen LogP contribution in [-0.2, 0) is 9.47 Å². The molecule has 0 radical (unpaired) electrons. The highest BCUT2D eigenvalue weighted by atomic mass is 16.5. The van der Waals surface area contributed by atoms with E-state index in [9.17, 15) is 0 Å². The first kappa shape index (κ1) is 14.9. The van der Waals surface area contributed by atoms with Crippen LogP contribution in [0.25, 0.3) is 0 Å². The molecule has 1 atom stereocenters. The normalized spacial score (nSPS) is 13.4. The van der Waals surface area contributed by atoms with Crippen molar-refractivity contribution in [1.29, 1.82) is 0 Å². The maximum atomic E-state index is 5.64. The first-order valence-corrected chi connectivity index (χ1v) is 6.06. The summed E-state index contributed by atoms with van der Waals surface area (Å²) in [6, 6.07) is 0. The number of hydrogen-bond donors (Lipinski definition) is 1. The summed E-state index contributed by atoms with van der Waals surface area (Å²) in [5.74, 6) is 0.616. The summed E-state index contributed by atoms with van der Waals surface area (Å²) >= 11 is 0. The van der Waals surface area contributed by atoms with Crippen molar-refractivity contribution >= 4 is 0 Å². The Kier molecular flexibility index (Phi) is 10.3. The van der Waals surface area contributed by atoms with Crippen LogP contribution in [0.4, 0.5) is 0 Å². The molecule has 0 bridgehead atoms. The van der Waals surface area contributed by atoms with Gasteiger partial charge in [-0.2, -0.15) is 0 Å². The van der Waals surface area contributed by atoms with Crippen molar-refractivity contribution in [3.05, 3.63) is 0 Å². The second-order valence-electron chi connectivity index (χ2n) is 4.29. The van der Waals surface area contributed by atoms with Crippen LogP contribution >= 0.6 is 0 Å². The molecule has 0 aromatic carbocycles. The van der Waals surface area contributed by atoms with E-state index in [1.807, 2.05) is 6.92 Å². The molecule has 0 heterocycles. The lowest BCUT2D eigenvalue weighted by molar-refractivity contribution is 0.0473. The van der Waals surface area contributed by atoms with Crippen LogP contribution in [0.15, 0.2) is 0 Å². The quantitative estimate of drug-likeness (QED) is 0.568. The second kappa shape index (κ2) is 10.4. The number of nitrogens with one attached hydrogen (secondary N) is 1. The lowest BCUT2D eigenvalue weighted by atomic mass is 10.2. The van der Waals surface area contributed by atoms with Gasteiger partial charge in [0.15, 0.2) is 0 Å². The molecule has 0 rings (SSSR count). The first-order valence-electron chi connectivity index (χ1n) is 6.06. The van der Waals surface area contributed by atoms with Crippen LogP contribution < -0.4 is 5.32 Å². The largest absolute Gasteiger partial charge is 0.382 e. The minimum Gasteiger partial charge on any atom is -0.382 e. The lowest BCUT2D eigenvalue weighted by Gasteiger charge is -2.15. The number of hydrogen-bond acceptors (Lipinski definition) is 3. The zero-order chi connectivity index (χ0) is 11.5. The molecule has 1 unspecified atom stereocenters. The van der Waals surface area contributed by atoms with E-state index >= 15 is 0 Å². The monoisotopic (exact) mass is 217 g/mol. The van der Waals surface area contributed by atoms with E-state index in [1.54, 1.807) is 0 Å². The Labute approximate surface area is 94.5 Å². The summed E-state index contributed by atoms with van der Waals surface area (Å²) in [5, 5.41) is 3.36. The van der Waals surface area contributed by atoms with Gasteiger partial charge in [-0.15, -0.1) is 0 Å². The zero-order valence-corrected chi connectivity index (χ0v) is 10.7. The molecule has 0 fully saturated rings. The molecule has 1 N–H and O–H groups in total. The third-order valence-electron chi connectivity index (χ3n) is 1.99. The van der Waals surface area contributed by atoms with Crippen LogP contribution in [0.5, 0.6) is 0 Å². The Bertz CT molecular complexity index is 129. The number of rotatable bonds is 10. The zero-order valence-electron chi connectivity index (χ0n) is 10.7. The highest BCUT2D eigenvalue weighted by Crippen LogP contribution is 1.96. The van der Waals surface area contributed by atoms with Crippen LogP contribution in [0, 0.1) is 5.92 Å². The van der Waals surface area contributed by atoms with Crippen LogP contribution in [0.3, 0.4) is 0 Å². The SMILES string of the molecule is CCOCCCNCC(C)OCC(C)C. The summed E-state index contributed by atoms with van der Waals surface area (Å²) in [6.45, 7) is 12.9. The summed E-state index contributed by atoms with van der Waals surface area (Å²) in [7, 11) is 0. The van der Waals surface area contributed by atoms with E-state index in [2.05, 4.69) is 26.1 Å². The van der Waals surface area contributed by atoms with Gasteiger partial charge in [-0.25, -0.2) is 0 Å². The molecule has 0 amide bonds. The summed E-state index contributed by atoms with van der Waals surface area (Å²) in [5.41, 5.74) is 0. The van der Waals surface area contributed by atoms with E-state index in [-0.39, 0.29) is 0 Å². The molecular formula is C12H27NO2. The molecular weight excluding hydrogens is 190 g/mol. The standard InChI is InChI=1S/C12H27NO2/c1-5-14-8-6-7-13-9-12(4)15-10-11(2)3/h11-13H,5-10H2,1-4H3. The van der Waals surface area contributed by atoms with Crippen molar-refractivity contribution in [3.8, 4) is 0 Å². The average molecular weight is 217 g/mol. The topological polar surface area (TPSA) is 30.5 Å². The van der Waals surface area contributed by atoms with Crippen LogP contribution in [0.1, 0.15) is 34.1 Å². The highest BCUT2D eigenvalue weighted by Gasteiger charge is 2.02. The van der Waals surface area contributed by atoms with Gasteiger partial charge < -0.3 is 14.8 Å². The van der Waals surface area contributed by atoms with Crippen molar-refractivity contribution in [2.75, 3.05) is 32.9 Å². The van der Waals surface area contributed by atoms with Gasteiger partial charge in [0.2, 0.25) is 0 Å². The lowest BCUT2D eigenvalue weighted by Crippen LogP contribution is -2.29. The fourth-order valence-electron chi connectivity index (χ4n) is 1.16. The predicted octanol–water partition coefficient (Wildman–Crippen LogP) is 2.06. The summed E-state index contributed by atoms with van der Waals surface area (Å²) in [6.07, 6.45) is 1.38. The molecule has 3 heteroatoms. The third-order valence-corrected chi connectivity index (χ3v) is 1.99. The average Bonchev–Trinajstić information content (AvgIpc) is 2.20. The smallest absolute Gasteiger partial charge is 0.0671 e. The van der Waals surface area contributed by atoms with Crippen molar-refractivity contribution in [1.82, 2.24) is 5.32 Å². The molecule has 0 aromatic heterocycles.